The summed E-state index contributed by atoms with van der Waals surface area (Å²) in [5.41, 5.74) is 0.344. The molecule has 2 fully saturated rings. The Bertz CT molecular complexity index is 518. The second kappa shape index (κ2) is 6.71. The Morgan fingerprint density at radius 1 is 1.24 bits per heavy atom. The van der Waals surface area contributed by atoms with Crippen molar-refractivity contribution in [3.63, 3.8) is 0 Å². The molecule has 0 spiro atoms. The summed E-state index contributed by atoms with van der Waals surface area (Å²) >= 11 is 0. The molecule has 1 heterocycles. The molecule has 1 aliphatic carbocycles. The van der Waals surface area contributed by atoms with E-state index in [0.29, 0.717) is 18.5 Å². The topological polar surface area (TPSA) is 32.3 Å². The van der Waals surface area contributed by atoms with Crippen LogP contribution in [0.2, 0.25) is 0 Å². The van der Waals surface area contributed by atoms with Crippen molar-refractivity contribution in [2.24, 2.45) is 5.92 Å². The van der Waals surface area contributed by atoms with Crippen molar-refractivity contribution >= 4 is 18.3 Å². The molecule has 1 saturated heterocycles. The summed E-state index contributed by atoms with van der Waals surface area (Å²) in [6.45, 7) is 3.18. The molecule has 116 valence electrons. The predicted octanol–water partition coefficient (Wildman–Crippen LogP) is 2.31. The Morgan fingerprint density at radius 2 is 2.05 bits per heavy atom. The monoisotopic (exact) mass is 316 g/mol. The van der Waals surface area contributed by atoms with Crippen LogP contribution < -0.4 is 5.32 Å². The van der Waals surface area contributed by atoms with Crippen LogP contribution in [0.3, 0.4) is 0 Å². The Kier molecular flexibility index (Phi) is 5.17. The number of hydrogen-bond donors (Lipinski definition) is 1. The van der Waals surface area contributed by atoms with Crippen LogP contribution in [0, 0.1) is 17.6 Å². The number of rotatable bonds is 2. The van der Waals surface area contributed by atoms with E-state index in [4.69, 9.17) is 0 Å². The van der Waals surface area contributed by atoms with Gasteiger partial charge in [0, 0.05) is 25.6 Å². The Morgan fingerprint density at radius 3 is 2.86 bits per heavy atom. The maximum absolute atomic E-state index is 13.7. The Balaban J connectivity index is 0.00000161. The quantitative estimate of drug-likeness (QED) is 0.908. The number of carbonyl (C=O) groups is 1. The molecule has 6 heteroatoms. The summed E-state index contributed by atoms with van der Waals surface area (Å²) in [5, 5.41) is 3.25. The third-order valence-electron chi connectivity index (χ3n) is 4.12. The number of carbonyl (C=O) groups excluding carboxylic acids is 1. The second-order valence-corrected chi connectivity index (χ2v) is 5.54. The first-order valence-electron chi connectivity index (χ1n) is 7.11. The zero-order valence-electron chi connectivity index (χ0n) is 11.6. The molecule has 1 saturated carbocycles. The van der Waals surface area contributed by atoms with E-state index < -0.39 is 11.6 Å². The second-order valence-electron chi connectivity index (χ2n) is 5.54. The van der Waals surface area contributed by atoms with Crippen molar-refractivity contribution < 1.29 is 13.6 Å². The lowest BCUT2D eigenvalue weighted by molar-refractivity contribution is -0.132. The summed E-state index contributed by atoms with van der Waals surface area (Å²) in [4.78, 5) is 14.2. The van der Waals surface area contributed by atoms with Gasteiger partial charge in [0.2, 0.25) is 5.91 Å². The minimum Gasteiger partial charge on any atom is -0.341 e. The standard InChI is InChI=1S/C15H18F2N2O.ClH/c16-10-2-3-14(17)12(8-10)11-9-13(11)15(20)19-6-1-4-18-5-7-19;/h2-3,8,11,13,18H,1,4-7,9H2;1H. The molecule has 1 amide bonds. The van der Waals surface area contributed by atoms with Crippen LogP contribution in [-0.4, -0.2) is 37.0 Å². The maximum atomic E-state index is 13.7. The fourth-order valence-electron chi connectivity index (χ4n) is 2.91. The van der Waals surface area contributed by atoms with E-state index in [-0.39, 0.29) is 30.2 Å². The van der Waals surface area contributed by atoms with Gasteiger partial charge in [-0.15, -0.1) is 12.4 Å². The minimum atomic E-state index is -0.446. The first-order valence-corrected chi connectivity index (χ1v) is 7.11. The highest BCUT2D eigenvalue weighted by atomic mass is 35.5. The molecule has 2 unspecified atom stereocenters. The van der Waals surface area contributed by atoms with Crippen molar-refractivity contribution in [3.05, 3.63) is 35.4 Å². The molecule has 1 aromatic rings. The van der Waals surface area contributed by atoms with Gasteiger partial charge >= 0.3 is 0 Å². The van der Waals surface area contributed by atoms with Crippen LogP contribution in [0.5, 0.6) is 0 Å². The molecular weight excluding hydrogens is 298 g/mol. The highest BCUT2D eigenvalue weighted by Gasteiger charge is 2.46. The largest absolute Gasteiger partial charge is 0.341 e. The molecule has 1 aliphatic heterocycles. The molecule has 0 bridgehead atoms. The van der Waals surface area contributed by atoms with Gasteiger partial charge < -0.3 is 10.2 Å². The number of nitrogens with zero attached hydrogens (tertiary/aromatic N) is 1. The molecule has 2 aliphatic rings. The zero-order chi connectivity index (χ0) is 14.1. The lowest BCUT2D eigenvalue weighted by atomic mass is 10.1. The molecule has 3 nitrogen and oxygen atoms in total. The summed E-state index contributed by atoms with van der Waals surface area (Å²) in [7, 11) is 0. The van der Waals surface area contributed by atoms with Gasteiger partial charge in [-0.25, -0.2) is 8.78 Å². The highest BCUT2D eigenvalue weighted by molar-refractivity contribution is 5.85. The predicted molar refractivity (Wildman–Crippen MR) is 78.5 cm³/mol. The number of nitrogens with one attached hydrogen (secondary N) is 1. The van der Waals surface area contributed by atoms with E-state index in [9.17, 15) is 13.6 Å². The van der Waals surface area contributed by atoms with Crippen LogP contribution in [-0.2, 0) is 4.79 Å². The third kappa shape index (κ3) is 3.52. The summed E-state index contributed by atoms with van der Waals surface area (Å²) < 4.78 is 26.9. The maximum Gasteiger partial charge on any atom is 0.226 e. The van der Waals surface area contributed by atoms with Gasteiger partial charge in [-0.1, -0.05) is 0 Å². The zero-order valence-corrected chi connectivity index (χ0v) is 12.5. The number of amides is 1. The fraction of sp³-hybridized carbons (Fsp3) is 0.533. The van der Waals surface area contributed by atoms with Crippen molar-refractivity contribution in [1.82, 2.24) is 10.2 Å². The molecule has 1 N–H and O–H groups in total. The van der Waals surface area contributed by atoms with Crippen LogP contribution in [0.15, 0.2) is 18.2 Å². The van der Waals surface area contributed by atoms with Gasteiger partial charge in [-0.05, 0) is 49.1 Å². The van der Waals surface area contributed by atoms with Gasteiger partial charge in [-0.3, -0.25) is 4.79 Å². The van der Waals surface area contributed by atoms with Crippen LogP contribution in [0.4, 0.5) is 8.78 Å². The summed E-state index contributed by atoms with van der Waals surface area (Å²) in [5.74, 6) is -1.11. The molecule has 0 aromatic heterocycles. The van der Waals surface area contributed by atoms with Gasteiger partial charge in [-0.2, -0.15) is 0 Å². The summed E-state index contributed by atoms with van der Waals surface area (Å²) in [6.07, 6.45) is 1.57. The van der Waals surface area contributed by atoms with Crippen LogP contribution >= 0.6 is 12.4 Å². The first kappa shape index (κ1) is 16.2. The van der Waals surface area contributed by atoms with Crippen molar-refractivity contribution in [2.75, 3.05) is 26.2 Å². The highest BCUT2D eigenvalue weighted by Crippen LogP contribution is 2.49. The van der Waals surface area contributed by atoms with Crippen LogP contribution in [0.1, 0.15) is 24.3 Å². The summed E-state index contributed by atoms with van der Waals surface area (Å²) in [6, 6.07) is 3.47. The van der Waals surface area contributed by atoms with E-state index in [1.165, 1.54) is 6.07 Å². The van der Waals surface area contributed by atoms with Crippen molar-refractivity contribution in [1.29, 1.82) is 0 Å². The lowest BCUT2D eigenvalue weighted by Gasteiger charge is -2.20. The van der Waals surface area contributed by atoms with E-state index in [0.717, 1.165) is 38.2 Å². The first-order chi connectivity index (χ1) is 9.66. The van der Waals surface area contributed by atoms with E-state index >= 15 is 0 Å². The van der Waals surface area contributed by atoms with E-state index in [1.54, 1.807) is 0 Å². The van der Waals surface area contributed by atoms with Crippen molar-refractivity contribution in [3.8, 4) is 0 Å². The molecule has 21 heavy (non-hydrogen) atoms. The third-order valence-corrected chi connectivity index (χ3v) is 4.12. The molecule has 0 radical (unpaired) electrons. The van der Waals surface area contributed by atoms with E-state index in [1.807, 2.05) is 4.90 Å². The normalized spacial score (nSPS) is 25.0. The van der Waals surface area contributed by atoms with Gasteiger partial charge in [0.15, 0.2) is 0 Å². The molecule has 3 rings (SSSR count). The fourth-order valence-corrected chi connectivity index (χ4v) is 2.91. The number of benzene rings is 1. The van der Waals surface area contributed by atoms with Gasteiger partial charge in [0.1, 0.15) is 11.6 Å². The lowest BCUT2D eigenvalue weighted by Crippen LogP contribution is -2.35. The Labute approximate surface area is 129 Å². The Hall–Kier alpha value is -1.20. The number of hydrogen-bond acceptors (Lipinski definition) is 2. The van der Waals surface area contributed by atoms with E-state index in [2.05, 4.69) is 5.32 Å². The van der Waals surface area contributed by atoms with Gasteiger partial charge in [0.25, 0.3) is 0 Å². The molecule has 1 aromatic carbocycles. The van der Waals surface area contributed by atoms with Crippen molar-refractivity contribution in [2.45, 2.75) is 18.8 Å². The molecular formula is C15H19ClF2N2O. The number of halogens is 3. The minimum absolute atomic E-state index is 0. The molecule has 2 atom stereocenters. The smallest absolute Gasteiger partial charge is 0.226 e. The van der Waals surface area contributed by atoms with Crippen LogP contribution in [0.25, 0.3) is 0 Å². The SMILES string of the molecule is Cl.O=C(C1CC1c1cc(F)ccc1F)N1CCCNCC1. The average Bonchev–Trinajstić information content (AvgIpc) is 3.23. The average molecular weight is 317 g/mol. The van der Waals surface area contributed by atoms with Gasteiger partial charge in [0.05, 0.1) is 0 Å².